The van der Waals surface area contributed by atoms with Crippen LogP contribution in [0.4, 0.5) is 8.78 Å². The molecule has 1 atom stereocenters. The smallest absolute Gasteiger partial charge is 0.278 e. The molecule has 1 fully saturated rings. The summed E-state index contributed by atoms with van der Waals surface area (Å²) in [6.07, 6.45) is 0.312. The highest BCUT2D eigenvalue weighted by Gasteiger charge is 2.60. The van der Waals surface area contributed by atoms with E-state index in [0.717, 1.165) is 27.5 Å². The normalized spacial score (nSPS) is 20.9. The van der Waals surface area contributed by atoms with Crippen LogP contribution in [0, 0.1) is 5.41 Å². The summed E-state index contributed by atoms with van der Waals surface area (Å²) in [6.45, 7) is 0.163. The summed E-state index contributed by atoms with van der Waals surface area (Å²) in [6, 6.07) is 17.1. The van der Waals surface area contributed by atoms with Gasteiger partial charge in [-0.25, -0.2) is 0 Å². The van der Waals surface area contributed by atoms with Crippen LogP contribution in [0.3, 0.4) is 0 Å². The molecule has 2 aromatic carbocycles. The Kier molecular flexibility index (Phi) is 5.41. The fraction of sp³-hybridized carbons (Fsp3) is 0.300. The van der Waals surface area contributed by atoms with Crippen molar-refractivity contribution in [1.82, 2.24) is 4.90 Å². The van der Waals surface area contributed by atoms with Gasteiger partial charge in [0.25, 0.3) is 5.91 Å². The summed E-state index contributed by atoms with van der Waals surface area (Å²) < 4.78 is 26.1. The van der Waals surface area contributed by atoms with Crippen LogP contribution in [0.25, 0.3) is 0 Å². The number of amides is 2. The van der Waals surface area contributed by atoms with Crippen LogP contribution < -0.4 is 0 Å². The zero-order valence-corrected chi connectivity index (χ0v) is 16.2. The van der Waals surface area contributed by atoms with Crippen LogP contribution in [-0.2, 0) is 11.2 Å². The van der Waals surface area contributed by atoms with Crippen LogP contribution in [0.2, 0.25) is 0 Å². The van der Waals surface area contributed by atoms with Crippen LogP contribution >= 0.6 is 22.6 Å². The van der Waals surface area contributed by atoms with Crippen molar-refractivity contribution in [2.24, 2.45) is 5.41 Å². The van der Waals surface area contributed by atoms with E-state index in [1.165, 1.54) is 0 Å². The SMILES string of the molecule is O=C(c1ccccc1)N1CCCC(Cc2ccccc2)(C(F)(F)I)C1=O. The van der Waals surface area contributed by atoms with Gasteiger partial charge in [0.15, 0.2) is 0 Å². The van der Waals surface area contributed by atoms with Crippen molar-refractivity contribution in [3.63, 3.8) is 0 Å². The first-order valence-corrected chi connectivity index (χ1v) is 9.45. The number of carbonyl (C=O) groups is 2. The van der Waals surface area contributed by atoms with Gasteiger partial charge in [-0.05, 0) is 59.5 Å². The van der Waals surface area contributed by atoms with E-state index in [1.807, 2.05) is 0 Å². The van der Waals surface area contributed by atoms with Gasteiger partial charge >= 0.3 is 3.93 Å². The van der Waals surface area contributed by atoms with Gasteiger partial charge in [0, 0.05) is 12.1 Å². The summed E-state index contributed by atoms with van der Waals surface area (Å²) >= 11 is 1.05. The molecule has 0 aromatic heterocycles. The van der Waals surface area contributed by atoms with Gasteiger partial charge in [-0.2, -0.15) is 8.78 Å². The minimum absolute atomic E-state index is 0.0508. The first-order chi connectivity index (χ1) is 12.3. The number of hydrogen-bond acceptors (Lipinski definition) is 2. The van der Waals surface area contributed by atoms with Crippen molar-refractivity contribution < 1.29 is 18.4 Å². The lowest BCUT2D eigenvalue weighted by molar-refractivity contribution is -0.156. The van der Waals surface area contributed by atoms with Gasteiger partial charge in [0.05, 0.1) is 0 Å². The van der Waals surface area contributed by atoms with E-state index in [-0.39, 0.29) is 19.4 Å². The molecule has 0 spiro atoms. The fourth-order valence-electron chi connectivity index (χ4n) is 3.41. The topological polar surface area (TPSA) is 37.4 Å². The molecular weight excluding hydrogens is 451 g/mol. The number of hydrogen-bond donors (Lipinski definition) is 0. The molecule has 1 aliphatic rings. The predicted octanol–water partition coefficient (Wildman–Crippen LogP) is 4.71. The highest BCUT2D eigenvalue weighted by Crippen LogP contribution is 2.51. The molecule has 1 unspecified atom stereocenters. The van der Waals surface area contributed by atoms with Crippen molar-refractivity contribution in [3.8, 4) is 0 Å². The maximum atomic E-state index is 14.7. The minimum atomic E-state index is -3.27. The monoisotopic (exact) mass is 469 g/mol. The average Bonchev–Trinajstić information content (AvgIpc) is 2.63. The number of nitrogens with zero attached hydrogens (tertiary/aromatic N) is 1. The van der Waals surface area contributed by atoms with Gasteiger partial charge in [-0.15, -0.1) is 0 Å². The second kappa shape index (κ2) is 7.42. The van der Waals surface area contributed by atoms with E-state index in [2.05, 4.69) is 0 Å². The van der Waals surface area contributed by atoms with Crippen LogP contribution in [0.15, 0.2) is 60.7 Å². The molecule has 26 heavy (non-hydrogen) atoms. The third-order valence-electron chi connectivity index (χ3n) is 4.80. The maximum Gasteiger partial charge on any atom is 0.311 e. The van der Waals surface area contributed by atoms with Gasteiger partial charge in [-0.1, -0.05) is 48.5 Å². The van der Waals surface area contributed by atoms with Gasteiger partial charge in [-0.3, -0.25) is 14.5 Å². The Morgan fingerprint density at radius 1 is 1.08 bits per heavy atom. The first-order valence-electron chi connectivity index (χ1n) is 8.37. The third-order valence-corrected chi connectivity index (χ3v) is 5.83. The van der Waals surface area contributed by atoms with E-state index < -0.39 is 21.2 Å². The molecule has 1 heterocycles. The average molecular weight is 469 g/mol. The number of imide groups is 1. The Bertz CT molecular complexity index is 792. The van der Waals surface area contributed by atoms with E-state index in [0.29, 0.717) is 17.5 Å². The highest BCUT2D eigenvalue weighted by molar-refractivity contribution is 14.1. The summed E-state index contributed by atoms with van der Waals surface area (Å²) in [5.74, 6) is -1.31. The van der Waals surface area contributed by atoms with Gasteiger partial charge in [0.1, 0.15) is 5.41 Å². The Morgan fingerprint density at radius 2 is 1.65 bits per heavy atom. The molecule has 2 aromatic rings. The molecular formula is C20H18F2INO2. The molecule has 0 aliphatic carbocycles. The zero-order chi connectivity index (χ0) is 18.8. The van der Waals surface area contributed by atoms with Gasteiger partial charge in [0.2, 0.25) is 5.91 Å². The summed E-state index contributed by atoms with van der Waals surface area (Å²) in [7, 11) is 0. The predicted molar refractivity (Wildman–Crippen MR) is 103 cm³/mol. The number of likely N-dealkylation sites (tertiary alicyclic amines) is 1. The number of rotatable bonds is 4. The Balaban J connectivity index is 1.97. The van der Waals surface area contributed by atoms with Crippen LogP contribution in [0.5, 0.6) is 0 Å². The Labute approximate surface area is 164 Å². The fourth-order valence-corrected chi connectivity index (χ4v) is 4.10. The lowest BCUT2D eigenvalue weighted by Gasteiger charge is -2.43. The molecule has 2 amide bonds. The Hall–Kier alpha value is -1.83. The van der Waals surface area contributed by atoms with Crippen molar-refractivity contribution >= 4 is 34.4 Å². The lowest BCUT2D eigenvalue weighted by atomic mass is 9.74. The summed E-state index contributed by atoms with van der Waals surface area (Å²) in [5.41, 5.74) is -0.934. The summed E-state index contributed by atoms with van der Waals surface area (Å²) in [5, 5.41) is 0. The van der Waals surface area contributed by atoms with Crippen molar-refractivity contribution in [3.05, 3.63) is 71.8 Å². The maximum absolute atomic E-state index is 14.7. The molecule has 0 bridgehead atoms. The lowest BCUT2D eigenvalue weighted by Crippen LogP contribution is -2.58. The second-order valence-corrected chi connectivity index (χ2v) is 7.83. The highest BCUT2D eigenvalue weighted by atomic mass is 127. The molecule has 3 rings (SSSR count). The largest absolute Gasteiger partial charge is 0.311 e. The molecule has 6 heteroatoms. The van der Waals surface area contributed by atoms with Crippen molar-refractivity contribution in [2.75, 3.05) is 6.54 Å². The molecule has 3 nitrogen and oxygen atoms in total. The van der Waals surface area contributed by atoms with E-state index in [9.17, 15) is 18.4 Å². The van der Waals surface area contributed by atoms with Crippen molar-refractivity contribution in [1.29, 1.82) is 0 Å². The van der Waals surface area contributed by atoms with E-state index >= 15 is 0 Å². The number of piperidine rings is 1. The quantitative estimate of drug-likeness (QED) is 0.370. The molecule has 0 radical (unpaired) electrons. The molecule has 0 N–H and O–H groups in total. The van der Waals surface area contributed by atoms with E-state index in [1.54, 1.807) is 60.7 Å². The summed E-state index contributed by atoms with van der Waals surface area (Å²) in [4.78, 5) is 26.9. The number of benzene rings is 2. The zero-order valence-electron chi connectivity index (χ0n) is 14.0. The number of halogens is 3. The number of carbonyl (C=O) groups excluding carboxylic acids is 2. The first kappa shape index (κ1) is 18.9. The van der Waals surface area contributed by atoms with E-state index in [4.69, 9.17) is 0 Å². The molecule has 136 valence electrons. The standard InChI is InChI=1S/C20H18F2INO2/c21-20(22,23)19(14-15-8-3-1-4-9-15)12-7-13-24(18(19)26)17(25)16-10-5-2-6-11-16/h1-6,8-11H,7,12-14H2. The van der Waals surface area contributed by atoms with Crippen LogP contribution in [-0.4, -0.2) is 27.2 Å². The Morgan fingerprint density at radius 3 is 2.23 bits per heavy atom. The third kappa shape index (κ3) is 3.51. The van der Waals surface area contributed by atoms with Crippen LogP contribution in [0.1, 0.15) is 28.8 Å². The molecule has 1 saturated heterocycles. The number of alkyl halides is 3. The second-order valence-electron chi connectivity index (χ2n) is 6.47. The molecule has 0 saturated carbocycles. The van der Waals surface area contributed by atoms with Crippen molar-refractivity contribution in [2.45, 2.75) is 23.2 Å². The van der Waals surface area contributed by atoms with Gasteiger partial charge < -0.3 is 0 Å². The molecule has 1 aliphatic heterocycles. The minimum Gasteiger partial charge on any atom is -0.278 e.